The van der Waals surface area contributed by atoms with Gasteiger partial charge in [-0.2, -0.15) is 0 Å². The molecule has 2 atom stereocenters. The zero-order chi connectivity index (χ0) is 24.3. The van der Waals surface area contributed by atoms with Gasteiger partial charge in [-0.1, -0.05) is 36.4 Å². The van der Waals surface area contributed by atoms with Gasteiger partial charge in [0.25, 0.3) is 0 Å². The number of morpholine rings is 1. The highest BCUT2D eigenvalue weighted by Crippen LogP contribution is 2.31. The van der Waals surface area contributed by atoms with E-state index in [0.29, 0.717) is 6.54 Å². The lowest BCUT2D eigenvalue weighted by Crippen LogP contribution is -2.55. The number of nitrogens with one attached hydrogen (secondary N) is 1. The average molecular weight is 487 g/mol. The zero-order valence-electron chi connectivity index (χ0n) is 20.6. The highest BCUT2D eigenvalue weighted by molar-refractivity contribution is 5.75. The van der Waals surface area contributed by atoms with Gasteiger partial charge in [-0.05, 0) is 36.1 Å². The van der Waals surface area contributed by atoms with Crippen LogP contribution in [0.1, 0.15) is 17.5 Å². The predicted octanol–water partition coefficient (Wildman–Crippen LogP) is 3.05. The highest BCUT2D eigenvalue weighted by Gasteiger charge is 2.34. The number of rotatable bonds is 5. The molecule has 3 aromatic rings. The summed E-state index contributed by atoms with van der Waals surface area (Å²) in [6.45, 7) is 6.60. The molecular formula is C28H34N6O2. The fourth-order valence-electron chi connectivity index (χ4n) is 5.74. The minimum Gasteiger partial charge on any atom is -0.390 e. The Morgan fingerprint density at radius 3 is 2.56 bits per heavy atom. The van der Waals surface area contributed by atoms with E-state index >= 15 is 0 Å². The van der Waals surface area contributed by atoms with Gasteiger partial charge in [0, 0.05) is 51.4 Å². The molecule has 0 saturated carbocycles. The van der Waals surface area contributed by atoms with Gasteiger partial charge in [-0.15, -0.1) is 0 Å². The Labute approximate surface area is 212 Å². The van der Waals surface area contributed by atoms with Crippen molar-refractivity contribution < 1.29 is 9.84 Å². The summed E-state index contributed by atoms with van der Waals surface area (Å²) in [5.74, 6) is 1.60. The summed E-state index contributed by atoms with van der Waals surface area (Å²) < 4.78 is 5.52. The van der Waals surface area contributed by atoms with Crippen molar-refractivity contribution in [2.24, 2.45) is 0 Å². The molecule has 0 spiro atoms. The SMILES string of the molecule is O[C@H]1CN(c2cc(Nc3ccccc3N3CCOCC3)ncn2)CC[C@@H]1N1CCc2ccccc2C1. The third kappa shape index (κ3) is 4.89. The van der Waals surface area contributed by atoms with E-state index in [4.69, 9.17) is 4.74 Å². The first-order valence-corrected chi connectivity index (χ1v) is 13.0. The molecule has 0 radical (unpaired) electrons. The van der Waals surface area contributed by atoms with E-state index in [1.54, 1.807) is 6.33 Å². The van der Waals surface area contributed by atoms with Crippen molar-refractivity contribution in [2.45, 2.75) is 31.5 Å². The molecule has 2 saturated heterocycles. The molecule has 0 bridgehead atoms. The highest BCUT2D eigenvalue weighted by atomic mass is 16.5. The Bertz CT molecular complexity index is 1180. The molecule has 3 aliphatic heterocycles. The number of benzene rings is 2. The number of hydrogen-bond acceptors (Lipinski definition) is 8. The fraction of sp³-hybridized carbons (Fsp3) is 0.429. The summed E-state index contributed by atoms with van der Waals surface area (Å²) in [4.78, 5) is 16.0. The number of fused-ring (bicyclic) bond motifs is 1. The van der Waals surface area contributed by atoms with Crippen LogP contribution in [0, 0.1) is 0 Å². The van der Waals surface area contributed by atoms with Gasteiger partial charge in [-0.25, -0.2) is 9.97 Å². The number of aliphatic hydroxyl groups is 1. The second-order valence-corrected chi connectivity index (χ2v) is 9.86. The van der Waals surface area contributed by atoms with Crippen molar-refractivity contribution >= 4 is 23.0 Å². The quantitative estimate of drug-likeness (QED) is 0.570. The van der Waals surface area contributed by atoms with Crippen LogP contribution in [0.25, 0.3) is 0 Å². The first-order valence-electron chi connectivity index (χ1n) is 13.0. The van der Waals surface area contributed by atoms with Gasteiger partial charge in [0.1, 0.15) is 18.0 Å². The van der Waals surface area contributed by atoms with Gasteiger partial charge in [0.05, 0.1) is 30.7 Å². The molecule has 0 unspecified atom stereocenters. The van der Waals surface area contributed by atoms with E-state index < -0.39 is 6.10 Å². The van der Waals surface area contributed by atoms with Crippen molar-refractivity contribution in [3.63, 3.8) is 0 Å². The van der Waals surface area contributed by atoms with Crippen molar-refractivity contribution in [2.75, 3.05) is 61.1 Å². The van der Waals surface area contributed by atoms with E-state index in [0.717, 1.165) is 81.8 Å². The molecule has 0 aliphatic carbocycles. The number of para-hydroxylation sites is 2. The minimum atomic E-state index is -0.419. The zero-order valence-corrected chi connectivity index (χ0v) is 20.6. The van der Waals surface area contributed by atoms with Crippen LogP contribution in [0.3, 0.4) is 0 Å². The number of ether oxygens (including phenoxy) is 1. The van der Waals surface area contributed by atoms with Gasteiger partial charge in [0.2, 0.25) is 0 Å². The molecule has 36 heavy (non-hydrogen) atoms. The van der Waals surface area contributed by atoms with Crippen LogP contribution >= 0.6 is 0 Å². The van der Waals surface area contributed by atoms with Gasteiger partial charge < -0.3 is 25.0 Å². The lowest BCUT2D eigenvalue weighted by atomic mass is 9.94. The van der Waals surface area contributed by atoms with Gasteiger partial charge >= 0.3 is 0 Å². The third-order valence-corrected chi connectivity index (χ3v) is 7.67. The maximum absolute atomic E-state index is 11.1. The first-order chi connectivity index (χ1) is 17.7. The number of β-amino-alcohol motifs (C(OH)–C–C–N with tert-alkyl or cyclic N) is 1. The molecule has 3 aliphatic rings. The smallest absolute Gasteiger partial charge is 0.135 e. The van der Waals surface area contributed by atoms with E-state index in [-0.39, 0.29) is 6.04 Å². The predicted molar refractivity (Wildman–Crippen MR) is 142 cm³/mol. The van der Waals surface area contributed by atoms with Crippen LogP contribution in [0.5, 0.6) is 0 Å². The maximum atomic E-state index is 11.1. The summed E-state index contributed by atoms with van der Waals surface area (Å²) in [5, 5.41) is 14.6. The Morgan fingerprint density at radius 1 is 0.889 bits per heavy atom. The number of piperidine rings is 1. The van der Waals surface area contributed by atoms with E-state index in [9.17, 15) is 5.11 Å². The van der Waals surface area contributed by atoms with Crippen LogP contribution in [-0.4, -0.2) is 78.1 Å². The van der Waals surface area contributed by atoms with Gasteiger partial charge in [0.15, 0.2) is 0 Å². The lowest BCUT2D eigenvalue weighted by Gasteiger charge is -2.43. The summed E-state index contributed by atoms with van der Waals surface area (Å²) in [6.07, 6.45) is 3.15. The number of anilines is 4. The summed E-state index contributed by atoms with van der Waals surface area (Å²) >= 11 is 0. The molecule has 0 amide bonds. The largest absolute Gasteiger partial charge is 0.390 e. The van der Waals surface area contributed by atoms with E-state index in [1.165, 1.54) is 11.1 Å². The molecule has 4 heterocycles. The Balaban J connectivity index is 1.12. The van der Waals surface area contributed by atoms with Crippen molar-refractivity contribution in [3.8, 4) is 0 Å². The lowest BCUT2D eigenvalue weighted by molar-refractivity contribution is 0.0293. The van der Waals surface area contributed by atoms with Crippen LogP contribution in [0.2, 0.25) is 0 Å². The molecule has 2 fully saturated rings. The molecule has 188 valence electrons. The summed E-state index contributed by atoms with van der Waals surface area (Å²) in [6, 6.07) is 19.2. The maximum Gasteiger partial charge on any atom is 0.135 e. The van der Waals surface area contributed by atoms with E-state index in [1.807, 2.05) is 12.1 Å². The van der Waals surface area contributed by atoms with E-state index in [2.05, 4.69) is 72.4 Å². The standard InChI is InChI=1S/C28H34N6O2/c35-26-19-34(12-10-25(26)33-11-9-21-5-1-2-6-22(21)18-33)28-17-27(29-20-30-28)31-23-7-3-4-8-24(23)32-13-15-36-16-14-32/h1-8,17,20,25-26,35H,9-16,18-19H2,(H,29,30,31)/t25-,26-/m0/s1. The minimum absolute atomic E-state index is 0.175. The van der Waals surface area contributed by atoms with Crippen LogP contribution in [0.4, 0.5) is 23.0 Å². The van der Waals surface area contributed by atoms with Crippen molar-refractivity contribution in [1.82, 2.24) is 14.9 Å². The topological polar surface area (TPSA) is 77.0 Å². The Kier molecular flexibility index (Phi) is 6.72. The van der Waals surface area contributed by atoms with Crippen molar-refractivity contribution in [1.29, 1.82) is 0 Å². The number of aromatic nitrogens is 2. The molecule has 8 nitrogen and oxygen atoms in total. The Hall–Kier alpha value is -3.20. The number of nitrogens with zero attached hydrogens (tertiary/aromatic N) is 5. The molecule has 2 aromatic carbocycles. The van der Waals surface area contributed by atoms with Gasteiger partial charge in [-0.3, -0.25) is 4.90 Å². The molecule has 2 N–H and O–H groups in total. The van der Waals surface area contributed by atoms with Crippen LogP contribution in [0.15, 0.2) is 60.9 Å². The van der Waals surface area contributed by atoms with Crippen LogP contribution in [-0.2, 0) is 17.7 Å². The Morgan fingerprint density at radius 2 is 1.69 bits per heavy atom. The number of hydrogen-bond donors (Lipinski definition) is 2. The summed E-state index contributed by atoms with van der Waals surface area (Å²) in [7, 11) is 0. The normalized spacial score (nSPS) is 22.8. The molecule has 6 rings (SSSR count). The molecule has 1 aromatic heterocycles. The second kappa shape index (κ2) is 10.4. The fourth-order valence-corrected chi connectivity index (χ4v) is 5.74. The molecule has 8 heteroatoms. The number of aliphatic hydroxyl groups excluding tert-OH is 1. The van der Waals surface area contributed by atoms with Crippen molar-refractivity contribution in [3.05, 3.63) is 72.1 Å². The second-order valence-electron chi connectivity index (χ2n) is 9.86. The monoisotopic (exact) mass is 486 g/mol. The summed E-state index contributed by atoms with van der Waals surface area (Å²) in [5.41, 5.74) is 5.01. The first kappa shape index (κ1) is 23.2. The van der Waals surface area contributed by atoms with Crippen LogP contribution < -0.4 is 15.1 Å². The average Bonchev–Trinajstić information content (AvgIpc) is 2.94. The third-order valence-electron chi connectivity index (χ3n) is 7.67. The molecular weight excluding hydrogens is 452 g/mol.